The van der Waals surface area contributed by atoms with Crippen molar-refractivity contribution >= 4 is 11.5 Å². The first kappa shape index (κ1) is 29.0. The predicted molar refractivity (Wildman–Crippen MR) is 145 cm³/mol. The minimum atomic E-state index is -0.200. The van der Waals surface area contributed by atoms with Crippen molar-refractivity contribution in [1.29, 1.82) is 0 Å². The monoisotopic (exact) mass is 462 g/mol. The number of rotatable bonds is 12. The molecule has 0 aromatic heterocycles. The van der Waals surface area contributed by atoms with Crippen LogP contribution in [0.15, 0.2) is 97.9 Å². The molecule has 0 spiro atoms. The highest BCUT2D eigenvalue weighted by molar-refractivity contribution is 5.79. The van der Waals surface area contributed by atoms with E-state index in [1.807, 2.05) is 36.4 Å². The second-order valence-electron chi connectivity index (χ2n) is 10.6. The lowest BCUT2D eigenvalue weighted by Gasteiger charge is -2.33. The Hall–Kier alpha value is -3.07. The molecular weight excluding hydrogens is 420 g/mol. The van der Waals surface area contributed by atoms with Gasteiger partial charge in [-0.3, -0.25) is 4.79 Å². The van der Waals surface area contributed by atoms with E-state index in [2.05, 4.69) is 67.9 Å². The SMILES string of the molecule is C=C/C=C\C(=C)C(=C)/C(OCCOC(=O)C(CC(C)(C)C)C(C)(C)C)=C(\C=C)c1ccccc1. The third-order valence-electron chi connectivity index (χ3n) is 5.35. The summed E-state index contributed by atoms with van der Waals surface area (Å²) in [6.07, 6.45) is 7.79. The van der Waals surface area contributed by atoms with Gasteiger partial charge in [0, 0.05) is 11.1 Å². The zero-order valence-corrected chi connectivity index (χ0v) is 21.9. The van der Waals surface area contributed by atoms with Crippen LogP contribution in [0.4, 0.5) is 0 Å². The summed E-state index contributed by atoms with van der Waals surface area (Å²) in [7, 11) is 0. The molecule has 3 nitrogen and oxygen atoms in total. The number of esters is 1. The van der Waals surface area contributed by atoms with E-state index in [0.29, 0.717) is 16.9 Å². The molecule has 1 aromatic carbocycles. The second kappa shape index (κ2) is 13.0. The van der Waals surface area contributed by atoms with E-state index in [0.717, 1.165) is 17.6 Å². The molecule has 1 aromatic rings. The number of benzene rings is 1. The van der Waals surface area contributed by atoms with Gasteiger partial charge in [0.15, 0.2) is 0 Å². The van der Waals surface area contributed by atoms with Crippen molar-refractivity contribution in [3.8, 4) is 0 Å². The number of carbonyl (C=O) groups excluding carboxylic acids is 1. The molecule has 1 rings (SSSR count). The maximum Gasteiger partial charge on any atom is 0.309 e. The van der Waals surface area contributed by atoms with Crippen LogP contribution in [0, 0.1) is 16.7 Å². The van der Waals surface area contributed by atoms with Gasteiger partial charge in [-0.1, -0.05) is 122 Å². The summed E-state index contributed by atoms with van der Waals surface area (Å²) in [5, 5.41) is 0. The van der Waals surface area contributed by atoms with E-state index >= 15 is 0 Å². The Morgan fingerprint density at radius 2 is 1.56 bits per heavy atom. The van der Waals surface area contributed by atoms with Gasteiger partial charge in [-0.05, 0) is 28.4 Å². The molecule has 0 heterocycles. The quantitative estimate of drug-likeness (QED) is 0.136. The summed E-state index contributed by atoms with van der Waals surface area (Å²) in [5.74, 6) is 0.160. The van der Waals surface area contributed by atoms with Gasteiger partial charge in [0.1, 0.15) is 19.0 Å². The highest BCUT2D eigenvalue weighted by Crippen LogP contribution is 2.37. The minimum Gasteiger partial charge on any atom is -0.489 e. The molecule has 0 amide bonds. The molecule has 0 radical (unpaired) electrons. The molecule has 0 aliphatic rings. The molecule has 1 atom stereocenters. The molecule has 34 heavy (non-hydrogen) atoms. The fourth-order valence-electron chi connectivity index (χ4n) is 3.46. The van der Waals surface area contributed by atoms with Gasteiger partial charge in [0.25, 0.3) is 0 Å². The molecule has 0 fully saturated rings. The van der Waals surface area contributed by atoms with Gasteiger partial charge >= 0.3 is 5.97 Å². The van der Waals surface area contributed by atoms with Crippen LogP contribution in [-0.4, -0.2) is 19.2 Å². The second-order valence-corrected chi connectivity index (χ2v) is 10.6. The van der Waals surface area contributed by atoms with Crippen molar-refractivity contribution in [1.82, 2.24) is 0 Å². The van der Waals surface area contributed by atoms with Gasteiger partial charge in [0.2, 0.25) is 0 Å². The largest absolute Gasteiger partial charge is 0.489 e. The van der Waals surface area contributed by atoms with Crippen molar-refractivity contribution in [2.75, 3.05) is 13.2 Å². The maximum atomic E-state index is 12.9. The molecule has 0 bridgehead atoms. The van der Waals surface area contributed by atoms with Gasteiger partial charge in [-0.15, -0.1) is 0 Å². The van der Waals surface area contributed by atoms with Gasteiger partial charge in [-0.2, -0.15) is 0 Å². The summed E-state index contributed by atoms with van der Waals surface area (Å²) in [5.41, 5.74) is 2.90. The topological polar surface area (TPSA) is 35.5 Å². The van der Waals surface area contributed by atoms with Crippen molar-refractivity contribution < 1.29 is 14.3 Å². The standard InChI is InChI=1S/C31H42O3/c1-11-13-17-23(3)24(4)28(26(12-2)25-18-15-14-16-19-25)33-20-21-34-29(32)27(31(8,9)10)22-30(5,6)7/h11-19,27H,1-4,20-22H2,5-10H3/b17-13-,28-26-. The summed E-state index contributed by atoms with van der Waals surface area (Å²) in [6, 6.07) is 9.82. The maximum absolute atomic E-state index is 12.9. The molecule has 184 valence electrons. The van der Waals surface area contributed by atoms with Gasteiger partial charge < -0.3 is 9.47 Å². The molecule has 0 saturated carbocycles. The van der Waals surface area contributed by atoms with Crippen LogP contribution in [0.5, 0.6) is 0 Å². The lowest BCUT2D eigenvalue weighted by molar-refractivity contribution is -0.155. The predicted octanol–water partition coefficient (Wildman–Crippen LogP) is 8.10. The number of hydrogen-bond donors (Lipinski definition) is 0. The third-order valence-corrected chi connectivity index (χ3v) is 5.35. The van der Waals surface area contributed by atoms with Crippen LogP contribution in [0.25, 0.3) is 5.57 Å². The molecule has 1 unspecified atom stereocenters. The van der Waals surface area contributed by atoms with Crippen LogP contribution in [-0.2, 0) is 14.3 Å². The first-order valence-electron chi connectivity index (χ1n) is 11.7. The molecular formula is C31H42O3. The Labute approximate surface area is 207 Å². The van der Waals surface area contributed by atoms with E-state index in [-0.39, 0.29) is 35.9 Å². The lowest BCUT2D eigenvalue weighted by Crippen LogP contribution is -2.34. The van der Waals surface area contributed by atoms with E-state index in [9.17, 15) is 4.79 Å². The lowest BCUT2D eigenvalue weighted by atomic mass is 9.72. The van der Waals surface area contributed by atoms with Crippen LogP contribution < -0.4 is 0 Å². The molecule has 3 heteroatoms. The third kappa shape index (κ3) is 9.43. The summed E-state index contributed by atoms with van der Waals surface area (Å²) in [4.78, 5) is 12.9. The van der Waals surface area contributed by atoms with Crippen LogP contribution in [0.3, 0.4) is 0 Å². The summed E-state index contributed by atoms with van der Waals surface area (Å²) in [6.45, 7) is 28.9. The van der Waals surface area contributed by atoms with Crippen LogP contribution in [0.2, 0.25) is 0 Å². The van der Waals surface area contributed by atoms with Gasteiger partial charge in [0.05, 0.1) is 5.92 Å². The molecule has 0 aliphatic heterocycles. The van der Waals surface area contributed by atoms with Crippen molar-refractivity contribution in [3.63, 3.8) is 0 Å². The van der Waals surface area contributed by atoms with Gasteiger partial charge in [-0.25, -0.2) is 0 Å². The smallest absolute Gasteiger partial charge is 0.309 e. The number of hydrogen-bond acceptors (Lipinski definition) is 3. The van der Waals surface area contributed by atoms with E-state index in [1.165, 1.54) is 0 Å². The Balaban J connectivity index is 3.07. The van der Waals surface area contributed by atoms with Crippen molar-refractivity contribution in [2.24, 2.45) is 16.7 Å². The normalized spacial score (nSPS) is 13.6. The van der Waals surface area contributed by atoms with Crippen LogP contribution >= 0.6 is 0 Å². The van der Waals surface area contributed by atoms with Crippen molar-refractivity contribution in [3.05, 3.63) is 103 Å². The minimum absolute atomic E-state index is 0.0228. The summed E-state index contributed by atoms with van der Waals surface area (Å²) < 4.78 is 11.8. The molecule has 0 aliphatic carbocycles. The molecule has 0 saturated heterocycles. The Kier molecular flexibility index (Phi) is 11.1. The zero-order valence-electron chi connectivity index (χ0n) is 21.9. The Morgan fingerprint density at radius 3 is 2.06 bits per heavy atom. The number of ether oxygens (including phenoxy) is 2. The highest BCUT2D eigenvalue weighted by Gasteiger charge is 2.35. The fourth-order valence-corrected chi connectivity index (χ4v) is 3.46. The first-order chi connectivity index (χ1) is 15.8. The van der Waals surface area contributed by atoms with E-state index < -0.39 is 0 Å². The first-order valence-corrected chi connectivity index (χ1v) is 11.7. The van der Waals surface area contributed by atoms with Crippen molar-refractivity contribution in [2.45, 2.75) is 48.0 Å². The number of allylic oxidation sites excluding steroid dienone is 6. The summed E-state index contributed by atoms with van der Waals surface area (Å²) >= 11 is 0. The van der Waals surface area contributed by atoms with E-state index in [4.69, 9.17) is 9.47 Å². The van der Waals surface area contributed by atoms with Crippen LogP contribution in [0.1, 0.15) is 53.5 Å². The Morgan fingerprint density at radius 1 is 0.971 bits per heavy atom. The van der Waals surface area contributed by atoms with E-state index in [1.54, 1.807) is 18.2 Å². The average molecular weight is 463 g/mol. The zero-order chi connectivity index (χ0) is 25.9. The molecule has 0 N–H and O–H groups in total. The number of carbonyl (C=O) groups is 1. The fraction of sp³-hybridized carbons (Fsp3) is 0.387. The Bertz CT molecular complexity index is 931. The highest BCUT2D eigenvalue weighted by atomic mass is 16.6. The average Bonchev–Trinajstić information content (AvgIpc) is 2.76.